The van der Waals surface area contributed by atoms with Gasteiger partial charge in [-0.05, 0) is 43.9 Å². The van der Waals surface area contributed by atoms with Crippen molar-refractivity contribution in [1.82, 2.24) is 14.9 Å². The van der Waals surface area contributed by atoms with Crippen LogP contribution in [0.25, 0.3) is 10.9 Å². The first-order valence-electron chi connectivity index (χ1n) is 9.93. The maximum atomic E-state index is 13.1. The van der Waals surface area contributed by atoms with Gasteiger partial charge in [0.05, 0.1) is 27.7 Å². The molecule has 2 unspecified atom stereocenters. The van der Waals surface area contributed by atoms with Crippen molar-refractivity contribution in [2.75, 3.05) is 11.5 Å². The number of carbonyl (C=O) groups excluding carboxylic acids is 1. The van der Waals surface area contributed by atoms with Gasteiger partial charge in [-0.2, -0.15) is 0 Å². The summed E-state index contributed by atoms with van der Waals surface area (Å²) < 4.78 is 24.9. The SMILES string of the molecule is CC(C)CCn1c(SC(C)C(=O)NC2CCS(=O)(=O)C2)nc2cc(Cl)ccc2c1=O. The maximum Gasteiger partial charge on any atom is 0.262 e. The van der Waals surface area contributed by atoms with E-state index < -0.39 is 15.1 Å². The molecule has 0 saturated carbocycles. The van der Waals surface area contributed by atoms with Gasteiger partial charge in [0, 0.05) is 17.6 Å². The number of halogens is 1. The van der Waals surface area contributed by atoms with Gasteiger partial charge in [0.15, 0.2) is 15.0 Å². The second kappa shape index (κ2) is 9.28. The first-order chi connectivity index (χ1) is 14.1. The number of rotatable bonds is 7. The van der Waals surface area contributed by atoms with E-state index in [9.17, 15) is 18.0 Å². The van der Waals surface area contributed by atoms with Crippen molar-refractivity contribution in [2.45, 2.75) is 56.6 Å². The molecule has 3 rings (SSSR count). The van der Waals surface area contributed by atoms with Crippen molar-refractivity contribution >= 4 is 50.0 Å². The van der Waals surface area contributed by atoms with Crippen LogP contribution in [0.5, 0.6) is 0 Å². The lowest BCUT2D eigenvalue weighted by atomic mass is 10.1. The molecule has 1 fully saturated rings. The molecule has 1 saturated heterocycles. The predicted molar refractivity (Wildman–Crippen MR) is 121 cm³/mol. The predicted octanol–water partition coefficient (Wildman–Crippen LogP) is 2.88. The lowest BCUT2D eigenvalue weighted by molar-refractivity contribution is -0.120. The number of amides is 1. The van der Waals surface area contributed by atoms with Crippen LogP contribution in [0.4, 0.5) is 0 Å². The molecule has 0 radical (unpaired) electrons. The fraction of sp³-hybridized carbons (Fsp3) is 0.550. The number of nitrogens with one attached hydrogen (secondary N) is 1. The number of hydrogen-bond donors (Lipinski definition) is 1. The highest BCUT2D eigenvalue weighted by Crippen LogP contribution is 2.25. The smallest absolute Gasteiger partial charge is 0.262 e. The summed E-state index contributed by atoms with van der Waals surface area (Å²) in [6, 6.07) is 4.61. The number of sulfone groups is 1. The summed E-state index contributed by atoms with van der Waals surface area (Å²) in [5.74, 6) is 0.210. The van der Waals surface area contributed by atoms with E-state index in [0.717, 1.165) is 6.42 Å². The van der Waals surface area contributed by atoms with E-state index in [4.69, 9.17) is 11.6 Å². The van der Waals surface area contributed by atoms with Crippen LogP contribution in [-0.4, -0.2) is 46.7 Å². The molecule has 2 atom stereocenters. The molecule has 1 aromatic carbocycles. The molecule has 0 spiro atoms. The summed E-state index contributed by atoms with van der Waals surface area (Å²) in [6.45, 7) is 6.39. The van der Waals surface area contributed by atoms with Gasteiger partial charge in [-0.3, -0.25) is 14.2 Å². The standard InChI is InChI=1S/C20H26ClN3O4S2/c1-12(2)6-8-24-19(26)16-5-4-14(21)10-17(16)23-20(24)29-13(3)18(25)22-15-7-9-30(27,28)11-15/h4-5,10,12-13,15H,6-9,11H2,1-3H3,(H,22,25). The Balaban J connectivity index is 1.86. The monoisotopic (exact) mass is 471 g/mol. The molecule has 1 amide bonds. The van der Waals surface area contributed by atoms with Gasteiger partial charge in [0.1, 0.15) is 0 Å². The Kier molecular flexibility index (Phi) is 7.14. The average Bonchev–Trinajstić information content (AvgIpc) is 2.99. The van der Waals surface area contributed by atoms with E-state index in [1.807, 2.05) is 0 Å². The van der Waals surface area contributed by atoms with E-state index >= 15 is 0 Å². The van der Waals surface area contributed by atoms with Crippen molar-refractivity contribution in [3.63, 3.8) is 0 Å². The Morgan fingerprint density at radius 3 is 2.73 bits per heavy atom. The molecule has 1 aromatic heterocycles. The molecule has 0 bridgehead atoms. The summed E-state index contributed by atoms with van der Waals surface area (Å²) in [4.78, 5) is 30.3. The molecule has 30 heavy (non-hydrogen) atoms. The number of fused-ring (bicyclic) bond motifs is 1. The quantitative estimate of drug-likeness (QED) is 0.492. The Labute approximate surface area is 185 Å². The zero-order valence-electron chi connectivity index (χ0n) is 17.2. The third kappa shape index (κ3) is 5.56. The highest BCUT2D eigenvalue weighted by Gasteiger charge is 2.30. The second-order valence-corrected chi connectivity index (χ2v) is 12.0. The van der Waals surface area contributed by atoms with Crippen molar-refractivity contribution in [3.05, 3.63) is 33.6 Å². The van der Waals surface area contributed by atoms with E-state index in [0.29, 0.717) is 40.0 Å². The molecule has 7 nitrogen and oxygen atoms in total. The van der Waals surface area contributed by atoms with Crippen molar-refractivity contribution in [3.8, 4) is 0 Å². The first kappa shape index (κ1) is 23.1. The number of hydrogen-bond acceptors (Lipinski definition) is 6. The lowest BCUT2D eigenvalue weighted by Gasteiger charge is -2.18. The van der Waals surface area contributed by atoms with Crippen LogP contribution in [0.15, 0.2) is 28.2 Å². The highest BCUT2D eigenvalue weighted by molar-refractivity contribution is 8.00. The number of carbonyl (C=O) groups is 1. The largest absolute Gasteiger partial charge is 0.351 e. The maximum absolute atomic E-state index is 13.1. The minimum Gasteiger partial charge on any atom is -0.351 e. The van der Waals surface area contributed by atoms with Crippen LogP contribution in [0.2, 0.25) is 5.02 Å². The Bertz CT molecular complexity index is 1110. The minimum absolute atomic E-state index is 0.0258. The number of aromatic nitrogens is 2. The Hall–Kier alpha value is -1.58. The average molecular weight is 472 g/mol. The molecule has 164 valence electrons. The van der Waals surface area contributed by atoms with Gasteiger partial charge in [0.2, 0.25) is 5.91 Å². The fourth-order valence-corrected chi connectivity index (χ4v) is 6.07. The van der Waals surface area contributed by atoms with Crippen LogP contribution in [0, 0.1) is 5.92 Å². The fourth-order valence-electron chi connectivity index (χ4n) is 3.29. The van der Waals surface area contributed by atoms with Crippen LogP contribution in [-0.2, 0) is 21.2 Å². The molecular formula is C20H26ClN3O4S2. The Morgan fingerprint density at radius 1 is 1.37 bits per heavy atom. The van der Waals surface area contributed by atoms with Crippen molar-refractivity contribution < 1.29 is 13.2 Å². The molecular weight excluding hydrogens is 446 g/mol. The molecule has 1 aliphatic heterocycles. The van der Waals surface area contributed by atoms with Crippen molar-refractivity contribution in [1.29, 1.82) is 0 Å². The molecule has 1 aliphatic rings. The van der Waals surface area contributed by atoms with Crippen LogP contribution >= 0.6 is 23.4 Å². The molecule has 2 aromatic rings. The minimum atomic E-state index is -3.07. The summed E-state index contributed by atoms with van der Waals surface area (Å²) >= 11 is 7.27. The molecule has 0 aliphatic carbocycles. The zero-order chi connectivity index (χ0) is 22.1. The normalized spacial score (nSPS) is 19.3. The molecule has 1 N–H and O–H groups in total. The van der Waals surface area contributed by atoms with Crippen LogP contribution < -0.4 is 10.9 Å². The molecule has 10 heteroatoms. The summed E-state index contributed by atoms with van der Waals surface area (Å²) in [5, 5.41) is 3.70. The van der Waals surface area contributed by atoms with E-state index in [-0.39, 0.29) is 29.0 Å². The third-order valence-electron chi connectivity index (χ3n) is 5.04. The molecule has 2 heterocycles. The topological polar surface area (TPSA) is 98.1 Å². The van der Waals surface area contributed by atoms with Gasteiger partial charge in [0.25, 0.3) is 5.56 Å². The zero-order valence-corrected chi connectivity index (χ0v) is 19.6. The first-order valence-corrected chi connectivity index (χ1v) is 13.0. The second-order valence-electron chi connectivity index (χ2n) is 8.06. The number of thioether (sulfide) groups is 1. The van der Waals surface area contributed by atoms with E-state index in [1.54, 1.807) is 29.7 Å². The van der Waals surface area contributed by atoms with Crippen LogP contribution in [0.1, 0.15) is 33.6 Å². The van der Waals surface area contributed by atoms with Gasteiger partial charge >= 0.3 is 0 Å². The summed E-state index contributed by atoms with van der Waals surface area (Å²) in [7, 11) is -3.07. The van der Waals surface area contributed by atoms with Gasteiger partial charge in [-0.25, -0.2) is 13.4 Å². The summed E-state index contributed by atoms with van der Waals surface area (Å²) in [6.07, 6.45) is 1.23. The van der Waals surface area contributed by atoms with E-state index in [2.05, 4.69) is 24.1 Å². The number of nitrogens with zero attached hydrogens (tertiary/aromatic N) is 2. The van der Waals surface area contributed by atoms with E-state index in [1.165, 1.54) is 11.8 Å². The van der Waals surface area contributed by atoms with Gasteiger partial charge < -0.3 is 5.32 Å². The third-order valence-corrected chi connectivity index (χ3v) is 8.14. The summed E-state index contributed by atoms with van der Waals surface area (Å²) in [5.41, 5.74) is 0.333. The van der Waals surface area contributed by atoms with Gasteiger partial charge in [-0.15, -0.1) is 0 Å². The van der Waals surface area contributed by atoms with Gasteiger partial charge in [-0.1, -0.05) is 37.2 Å². The van der Waals surface area contributed by atoms with Crippen molar-refractivity contribution in [2.24, 2.45) is 5.92 Å². The highest BCUT2D eigenvalue weighted by atomic mass is 35.5. The Morgan fingerprint density at radius 2 is 2.10 bits per heavy atom. The number of benzene rings is 1. The lowest BCUT2D eigenvalue weighted by Crippen LogP contribution is -2.40. The van der Waals surface area contributed by atoms with Crippen LogP contribution in [0.3, 0.4) is 0 Å².